The van der Waals surface area contributed by atoms with E-state index in [1.807, 2.05) is 0 Å². The van der Waals surface area contributed by atoms with Gasteiger partial charge < -0.3 is 19.9 Å². The van der Waals surface area contributed by atoms with E-state index in [0.29, 0.717) is 31.4 Å². The molecule has 1 saturated carbocycles. The van der Waals surface area contributed by atoms with Gasteiger partial charge in [-0.3, -0.25) is 0 Å². The Morgan fingerprint density at radius 3 is 2.72 bits per heavy atom. The molecule has 106 valence electrons. The molecular weight excluding hydrogens is 230 g/mol. The Morgan fingerprint density at radius 2 is 2.06 bits per heavy atom. The first kappa shape index (κ1) is 14.3. The smallest absolute Gasteiger partial charge is 0.0897 e. The van der Waals surface area contributed by atoms with E-state index in [2.05, 4.69) is 12.2 Å². The highest BCUT2D eigenvalue weighted by Gasteiger charge is 2.23. The monoisotopic (exact) mass is 257 g/mol. The minimum absolute atomic E-state index is 0.313. The number of rotatable bonds is 7. The fourth-order valence-electron chi connectivity index (χ4n) is 2.81. The van der Waals surface area contributed by atoms with Crippen LogP contribution in [-0.4, -0.2) is 49.2 Å². The molecule has 0 bridgehead atoms. The molecule has 18 heavy (non-hydrogen) atoms. The van der Waals surface area contributed by atoms with Gasteiger partial charge in [0.1, 0.15) is 0 Å². The summed E-state index contributed by atoms with van der Waals surface area (Å²) in [5.74, 6) is 0. The van der Waals surface area contributed by atoms with Crippen LogP contribution < -0.4 is 5.32 Å². The second kappa shape index (κ2) is 7.43. The topological polar surface area (TPSA) is 50.7 Å². The summed E-state index contributed by atoms with van der Waals surface area (Å²) in [7, 11) is 0. The van der Waals surface area contributed by atoms with Gasteiger partial charge >= 0.3 is 0 Å². The SMILES string of the molecule is CC(NCC(O)COC1CCCC1)C1CCCO1. The number of hydrogen-bond donors (Lipinski definition) is 2. The van der Waals surface area contributed by atoms with Crippen molar-refractivity contribution in [1.82, 2.24) is 5.32 Å². The van der Waals surface area contributed by atoms with Gasteiger partial charge in [0.15, 0.2) is 0 Å². The van der Waals surface area contributed by atoms with Crippen LogP contribution in [0.4, 0.5) is 0 Å². The lowest BCUT2D eigenvalue weighted by molar-refractivity contribution is -0.00846. The molecule has 3 atom stereocenters. The normalized spacial score (nSPS) is 28.7. The van der Waals surface area contributed by atoms with E-state index in [1.54, 1.807) is 0 Å². The van der Waals surface area contributed by atoms with Crippen molar-refractivity contribution in [3.05, 3.63) is 0 Å². The summed E-state index contributed by atoms with van der Waals surface area (Å²) in [4.78, 5) is 0. The van der Waals surface area contributed by atoms with Gasteiger partial charge in [-0.1, -0.05) is 12.8 Å². The Hall–Kier alpha value is -0.160. The summed E-state index contributed by atoms with van der Waals surface area (Å²) < 4.78 is 11.3. The fourth-order valence-corrected chi connectivity index (χ4v) is 2.81. The van der Waals surface area contributed by atoms with Crippen molar-refractivity contribution < 1.29 is 14.6 Å². The summed E-state index contributed by atoms with van der Waals surface area (Å²) in [5.41, 5.74) is 0. The van der Waals surface area contributed by atoms with Crippen molar-refractivity contribution in [2.45, 2.75) is 69.8 Å². The molecule has 2 rings (SSSR count). The molecule has 1 saturated heterocycles. The van der Waals surface area contributed by atoms with E-state index in [9.17, 15) is 5.11 Å². The quantitative estimate of drug-likeness (QED) is 0.725. The summed E-state index contributed by atoms with van der Waals surface area (Å²) in [6.07, 6.45) is 7.44. The molecule has 0 aromatic heterocycles. The third-order valence-electron chi connectivity index (χ3n) is 4.02. The van der Waals surface area contributed by atoms with Crippen LogP contribution in [0.2, 0.25) is 0 Å². The van der Waals surface area contributed by atoms with Gasteiger partial charge in [0.05, 0.1) is 24.9 Å². The van der Waals surface area contributed by atoms with Crippen LogP contribution in [0.5, 0.6) is 0 Å². The second-order valence-electron chi connectivity index (χ2n) is 5.64. The lowest BCUT2D eigenvalue weighted by Crippen LogP contribution is -2.42. The van der Waals surface area contributed by atoms with Gasteiger partial charge in [-0.05, 0) is 32.6 Å². The van der Waals surface area contributed by atoms with Gasteiger partial charge in [0.2, 0.25) is 0 Å². The lowest BCUT2D eigenvalue weighted by atomic mass is 10.1. The summed E-state index contributed by atoms with van der Waals surface area (Å²) >= 11 is 0. The Balaban J connectivity index is 1.54. The molecule has 0 aromatic carbocycles. The average Bonchev–Trinajstić information content (AvgIpc) is 3.05. The summed E-state index contributed by atoms with van der Waals surface area (Å²) in [6, 6.07) is 0.314. The molecule has 0 radical (unpaired) electrons. The molecular formula is C14H27NO3. The number of aliphatic hydroxyl groups excluding tert-OH is 1. The average molecular weight is 257 g/mol. The van der Waals surface area contributed by atoms with E-state index >= 15 is 0 Å². The van der Waals surface area contributed by atoms with Crippen LogP contribution in [0.25, 0.3) is 0 Å². The maximum atomic E-state index is 9.87. The van der Waals surface area contributed by atoms with Crippen LogP contribution in [0.1, 0.15) is 45.4 Å². The van der Waals surface area contributed by atoms with Crippen molar-refractivity contribution in [2.75, 3.05) is 19.8 Å². The molecule has 1 aliphatic heterocycles. The maximum absolute atomic E-state index is 9.87. The summed E-state index contributed by atoms with van der Waals surface area (Å²) in [5, 5.41) is 13.2. The number of nitrogens with one attached hydrogen (secondary N) is 1. The largest absolute Gasteiger partial charge is 0.389 e. The van der Waals surface area contributed by atoms with Crippen molar-refractivity contribution in [3.63, 3.8) is 0 Å². The Labute approximate surface area is 110 Å². The minimum atomic E-state index is -0.408. The van der Waals surface area contributed by atoms with E-state index < -0.39 is 6.10 Å². The van der Waals surface area contributed by atoms with Crippen LogP contribution in [0.3, 0.4) is 0 Å². The van der Waals surface area contributed by atoms with Crippen molar-refractivity contribution >= 4 is 0 Å². The second-order valence-corrected chi connectivity index (χ2v) is 5.64. The highest BCUT2D eigenvalue weighted by Crippen LogP contribution is 2.21. The van der Waals surface area contributed by atoms with E-state index in [1.165, 1.54) is 12.8 Å². The first-order valence-electron chi connectivity index (χ1n) is 7.40. The molecule has 2 aliphatic rings. The molecule has 4 heteroatoms. The highest BCUT2D eigenvalue weighted by atomic mass is 16.5. The van der Waals surface area contributed by atoms with Crippen LogP contribution >= 0.6 is 0 Å². The maximum Gasteiger partial charge on any atom is 0.0897 e. The molecule has 1 aliphatic carbocycles. The predicted octanol–water partition coefficient (Wildman–Crippen LogP) is 1.46. The summed E-state index contributed by atoms with van der Waals surface area (Å²) in [6.45, 7) is 4.05. The van der Waals surface area contributed by atoms with Crippen molar-refractivity contribution in [2.24, 2.45) is 0 Å². The van der Waals surface area contributed by atoms with Crippen LogP contribution in [0, 0.1) is 0 Å². The predicted molar refractivity (Wildman–Crippen MR) is 70.7 cm³/mol. The Bertz CT molecular complexity index is 225. The molecule has 0 spiro atoms. The molecule has 3 unspecified atom stereocenters. The zero-order chi connectivity index (χ0) is 12.8. The molecule has 2 N–H and O–H groups in total. The van der Waals surface area contributed by atoms with Gasteiger partial charge in [-0.25, -0.2) is 0 Å². The lowest BCUT2D eigenvalue weighted by Gasteiger charge is -2.22. The zero-order valence-electron chi connectivity index (χ0n) is 11.4. The van der Waals surface area contributed by atoms with E-state index in [4.69, 9.17) is 9.47 Å². The van der Waals surface area contributed by atoms with Crippen molar-refractivity contribution in [1.29, 1.82) is 0 Å². The van der Waals surface area contributed by atoms with Crippen LogP contribution in [0.15, 0.2) is 0 Å². The van der Waals surface area contributed by atoms with E-state index in [-0.39, 0.29) is 0 Å². The number of aliphatic hydroxyl groups is 1. The van der Waals surface area contributed by atoms with Gasteiger partial charge in [0.25, 0.3) is 0 Å². The number of hydrogen-bond acceptors (Lipinski definition) is 4. The van der Waals surface area contributed by atoms with Gasteiger partial charge in [-0.2, -0.15) is 0 Å². The minimum Gasteiger partial charge on any atom is -0.389 e. The molecule has 1 heterocycles. The third kappa shape index (κ3) is 4.50. The molecule has 0 amide bonds. The molecule has 4 nitrogen and oxygen atoms in total. The fraction of sp³-hybridized carbons (Fsp3) is 1.00. The molecule has 2 fully saturated rings. The Kier molecular flexibility index (Phi) is 5.89. The standard InChI is InChI=1S/C14H27NO3/c1-11(14-7-4-8-17-14)15-9-12(16)10-18-13-5-2-3-6-13/h11-16H,2-10H2,1H3. The van der Waals surface area contributed by atoms with Crippen molar-refractivity contribution in [3.8, 4) is 0 Å². The Morgan fingerprint density at radius 1 is 1.28 bits per heavy atom. The highest BCUT2D eigenvalue weighted by molar-refractivity contribution is 4.78. The van der Waals surface area contributed by atoms with Crippen LogP contribution in [-0.2, 0) is 9.47 Å². The zero-order valence-corrected chi connectivity index (χ0v) is 11.4. The third-order valence-corrected chi connectivity index (χ3v) is 4.02. The first-order chi connectivity index (χ1) is 8.75. The first-order valence-corrected chi connectivity index (χ1v) is 7.40. The van der Waals surface area contributed by atoms with Gasteiger partial charge in [0, 0.05) is 19.2 Å². The van der Waals surface area contributed by atoms with Gasteiger partial charge in [-0.15, -0.1) is 0 Å². The number of ether oxygens (including phenoxy) is 2. The van der Waals surface area contributed by atoms with E-state index in [0.717, 1.165) is 32.3 Å². The molecule has 0 aromatic rings.